The fourth-order valence-corrected chi connectivity index (χ4v) is 2.48. The predicted octanol–water partition coefficient (Wildman–Crippen LogP) is 3.14. The van der Waals surface area contributed by atoms with Gasteiger partial charge >= 0.3 is 0 Å². The molecule has 2 rings (SSSR count). The quantitative estimate of drug-likeness (QED) is 0.826. The maximum absolute atomic E-state index is 5.61. The summed E-state index contributed by atoms with van der Waals surface area (Å²) in [5, 5.41) is 0.921. The van der Waals surface area contributed by atoms with E-state index in [0.29, 0.717) is 5.95 Å². The summed E-state index contributed by atoms with van der Waals surface area (Å²) in [6, 6.07) is 6.39. The molecule has 0 saturated heterocycles. The van der Waals surface area contributed by atoms with Gasteiger partial charge in [0.15, 0.2) is 0 Å². The van der Waals surface area contributed by atoms with Crippen molar-refractivity contribution >= 4 is 17.7 Å². The molecule has 3 nitrogen and oxygen atoms in total. The lowest BCUT2D eigenvalue weighted by molar-refractivity contribution is 1.02. The Morgan fingerprint density at radius 1 is 1.12 bits per heavy atom. The minimum Gasteiger partial charge on any atom is -0.368 e. The smallest absolute Gasteiger partial charge is 0.221 e. The van der Waals surface area contributed by atoms with E-state index < -0.39 is 0 Å². The molecule has 0 unspecified atom stereocenters. The Morgan fingerprint density at radius 3 is 2.59 bits per heavy atom. The highest BCUT2D eigenvalue weighted by Gasteiger charge is 2.06. The van der Waals surface area contributed by atoms with Crippen LogP contribution in [-0.2, 0) is 0 Å². The van der Waals surface area contributed by atoms with Crippen molar-refractivity contribution in [2.45, 2.75) is 30.7 Å². The summed E-state index contributed by atoms with van der Waals surface area (Å²) in [6.45, 7) is 6.19. The summed E-state index contributed by atoms with van der Waals surface area (Å²) >= 11 is 1.63. The highest BCUT2D eigenvalue weighted by Crippen LogP contribution is 2.31. The van der Waals surface area contributed by atoms with Gasteiger partial charge in [0.1, 0.15) is 5.03 Å². The molecule has 0 fully saturated rings. The fourth-order valence-electron chi connectivity index (χ4n) is 1.56. The molecule has 1 heterocycles. The second-order valence-electron chi connectivity index (χ2n) is 4.09. The van der Waals surface area contributed by atoms with Crippen LogP contribution in [0.5, 0.6) is 0 Å². The lowest BCUT2D eigenvalue weighted by Crippen LogP contribution is -1.97. The standard InChI is InChI=1S/C13H15N3S/c1-8-4-5-11(9(2)6-8)17-12-10(3)7-15-13(14)16-12/h4-7H,1-3H3,(H2,14,15,16). The van der Waals surface area contributed by atoms with E-state index in [4.69, 9.17) is 5.73 Å². The molecule has 1 aromatic carbocycles. The molecule has 0 saturated carbocycles. The van der Waals surface area contributed by atoms with Gasteiger partial charge in [-0.05, 0) is 32.4 Å². The molecule has 1 aromatic heterocycles. The monoisotopic (exact) mass is 245 g/mol. The lowest BCUT2D eigenvalue weighted by Gasteiger charge is -2.08. The number of aromatic nitrogens is 2. The molecule has 0 amide bonds. The van der Waals surface area contributed by atoms with E-state index in [2.05, 4.69) is 42.0 Å². The van der Waals surface area contributed by atoms with Crippen LogP contribution >= 0.6 is 11.8 Å². The van der Waals surface area contributed by atoms with E-state index in [9.17, 15) is 0 Å². The topological polar surface area (TPSA) is 51.8 Å². The summed E-state index contributed by atoms with van der Waals surface area (Å²) in [5.74, 6) is 0.322. The van der Waals surface area contributed by atoms with Crippen LogP contribution in [0.4, 0.5) is 5.95 Å². The number of nitrogens with zero attached hydrogens (tertiary/aromatic N) is 2. The normalized spacial score (nSPS) is 10.5. The predicted molar refractivity (Wildman–Crippen MR) is 71.2 cm³/mol. The van der Waals surface area contributed by atoms with Crippen molar-refractivity contribution in [3.05, 3.63) is 41.1 Å². The number of nitrogen functional groups attached to an aromatic ring is 1. The van der Waals surface area contributed by atoms with Crippen LogP contribution in [0.3, 0.4) is 0 Å². The van der Waals surface area contributed by atoms with Crippen LogP contribution in [0.15, 0.2) is 34.3 Å². The highest BCUT2D eigenvalue weighted by molar-refractivity contribution is 7.99. The molecule has 0 atom stereocenters. The Balaban J connectivity index is 2.34. The van der Waals surface area contributed by atoms with Gasteiger partial charge in [-0.2, -0.15) is 0 Å². The van der Waals surface area contributed by atoms with Gasteiger partial charge in [-0.1, -0.05) is 29.5 Å². The first-order valence-electron chi connectivity index (χ1n) is 5.40. The van der Waals surface area contributed by atoms with Crippen molar-refractivity contribution in [2.75, 3.05) is 5.73 Å². The third kappa shape index (κ3) is 2.77. The maximum Gasteiger partial charge on any atom is 0.221 e. The van der Waals surface area contributed by atoms with Crippen LogP contribution in [0, 0.1) is 20.8 Å². The van der Waals surface area contributed by atoms with E-state index in [-0.39, 0.29) is 0 Å². The first kappa shape index (κ1) is 11.9. The van der Waals surface area contributed by atoms with E-state index >= 15 is 0 Å². The van der Waals surface area contributed by atoms with Crippen LogP contribution in [0.1, 0.15) is 16.7 Å². The van der Waals surface area contributed by atoms with Gasteiger partial charge in [-0.15, -0.1) is 0 Å². The summed E-state index contributed by atoms with van der Waals surface area (Å²) < 4.78 is 0. The third-order valence-corrected chi connectivity index (χ3v) is 3.77. The molecule has 88 valence electrons. The van der Waals surface area contributed by atoms with Gasteiger partial charge < -0.3 is 5.73 Å². The minimum absolute atomic E-state index is 0.322. The molecular formula is C13H15N3S. The van der Waals surface area contributed by atoms with Crippen LogP contribution in [-0.4, -0.2) is 9.97 Å². The fraction of sp³-hybridized carbons (Fsp3) is 0.231. The number of hydrogen-bond donors (Lipinski definition) is 1. The lowest BCUT2D eigenvalue weighted by atomic mass is 10.2. The number of benzene rings is 1. The Labute approximate surface area is 105 Å². The molecule has 0 aliphatic carbocycles. The maximum atomic E-state index is 5.61. The van der Waals surface area contributed by atoms with Gasteiger partial charge in [-0.3, -0.25) is 0 Å². The summed E-state index contributed by atoms with van der Waals surface area (Å²) in [5.41, 5.74) is 9.18. The molecule has 17 heavy (non-hydrogen) atoms. The van der Waals surface area contributed by atoms with E-state index in [1.165, 1.54) is 16.0 Å². The van der Waals surface area contributed by atoms with Gasteiger partial charge in [0, 0.05) is 16.7 Å². The highest BCUT2D eigenvalue weighted by atomic mass is 32.2. The molecule has 2 N–H and O–H groups in total. The molecule has 0 aliphatic heterocycles. The van der Waals surface area contributed by atoms with E-state index in [0.717, 1.165) is 10.6 Å². The van der Waals surface area contributed by atoms with Gasteiger partial charge in [-0.25, -0.2) is 9.97 Å². The minimum atomic E-state index is 0.322. The van der Waals surface area contributed by atoms with Crippen molar-refractivity contribution in [1.82, 2.24) is 9.97 Å². The zero-order chi connectivity index (χ0) is 12.4. The zero-order valence-corrected chi connectivity index (χ0v) is 11.0. The largest absolute Gasteiger partial charge is 0.368 e. The van der Waals surface area contributed by atoms with Crippen molar-refractivity contribution in [1.29, 1.82) is 0 Å². The second kappa shape index (κ2) is 4.75. The van der Waals surface area contributed by atoms with Gasteiger partial charge in [0.25, 0.3) is 0 Å². The number of nitrogens with two attached hydrogens (primary N) is 1. The Kier molecular flexibility index (Phi) is 3.33. The first-order chi connectivity index (χ1) is 8.06. The first-order valence-corrected chi connectivity index (χ1v) is 6.22. The Morgan fingerprint density at radius 2 is 1.88 bits per heavy atom. The molecule has 0 aliphatic rings. The molecular weight excluding hydrogens is 230 g/mol. The number of anilines is 1. The van der Waals surface area contributed by atoms with Crippen molar-refractivity contribution in [3.8, 4) is 0 Å². The van der Waals surface area contributed by atoms with E-state index in [1.54, 1.807) is 18.0 Å². The average Bonchev–Trinajstić information content (AvgIpc) is 2.27. The van der Waals surface area contributed by atoms with E-state index in [1.807, 2.05) is 6.92 Å². The molecule has 0 spiro atoms. The zero-order valence-electron chi connectivity index (χ0n) is 10.2. The number of aryl methyl sites for hydroxylation is 3. The van der Waals surface area contributed by atoms with Crippen LogP contribution in [0.2, 0.25) is 0 Å². The number of rotatable bonds is 2. The molecule has 2 aromatic rings. The van der Waals surface area contributed by atoms with Gasteiger partial charge in [0.05, 0.1) is 0 Å². The van der Waals surface area contributed by atoms with Gasteiger partial charge in [0.2, 0.25) is 5.95 Å². The summed E-state index contributed by atoms with van der Waals surface area (Å²) in [7, 11) is 0. The van der Waals surface area contributed by atoms with Crippen molar-refractivity contribution in [2.24, 2.45) is 0 Å². The Bertz CT molecular complexity index is 552. The summed E-state index contributed by atoms with van der Waals surface area (Å²) in [4.78, 5) is 9.44. The third-order valence-electron chi connectivity index (χ3n) is 2.48. The molecule has 0 bridgehead atoms. The SMILES string of the molecule is Cc1ccc(Sc2nc(N)ncc2C)c(C)c1. The average molecular weight is 245 g/mol. The Hall–Kier alpha value is -1.55. The molecule has 0 radical (unpaired) electrons. The number of hydrogen-bond acceptors (Lipinski definition) is 4. The molecule has 4 heteroatoms. The summed E-state index contributed by atoms with van der Waals surface area (Å²) in [6.07, 6.45) is 1.76. The van der Waals surface area contributed by atoms with Crippen molar-refractivity contribution in [3.63, 3.8) is 0 Å². The van der Waals surface area contributed by atoms with Crippen molar-refractivity contribution < 1.29 is 0 Å². The second-order valence-corrected chi connectivity index (χ2v) is 5.12. The van der Waals surface area contributed by atoms with Crippen LogP contribution in [0.25, 0.3) is 0 Å². The van der Waals surface area contributed by atoms with Crippen LogP contribution < -0.4 is 5.73 Å².